The Bertz CT molecular complexity index is 1690. The molecule has 0 amide bonds. The third-order valence-electron chi connectivity index (χ3n) is 8.73. The molecule has 10 nitrogen and oxygen atoms in total. The molecule has 2 fully saturated rings. The van der Waals surface area contributed by atoms with Crippen LogP contribution in [0.15, 0.2) is 52.3 Å². The second-order valence-corrected chi connectivity index (χ2v) is 14.9. The maximum atomic E-state index is 10.5. The molecule has 2 atom stereocenters. The fourth-order valence-electron chi connectivity index (χ4n) is 6.00. The van der Waals surface area contributed by atoms with Crippen LogP contribution in [-0.2, 0) is 9.47 Å². The van der Waals surface area contributed by atoms with E-state index < -0.39 is 12.5 Å². The van der Waals surface area contributed by atoms with E-state index in [9.17, 15) is 5.21 Å². The molecule has 16 heteroatoms. The predicted molar refractivity (Wildman–Crippen MR) is 205 cm³/mol. The molecule has 51 heavy (non-hydrogen) atoms. The Morgan fingerprint density at radius 1 is 0.667 bits per heavy atom. The van der Waals surface area contributed by atoms with Gasteiger partial charge in [-0.3, -0.25) is 9.80 Å². The van der Waals surface area contributed by atoms with Crippen molar-refractivity contribution in [2.24, 2.45) is 5.16 Å². The van der Waals surface area contributed by atoms with Crippen molar-refractivity contribution in [3.8, 4) is 43.9 Å². The molecule has 0 saturated carbocycles. The summed E-state index contributed by atoms with van der Waals surface area (Å²) in [5.74, 6) is 0.974. The molecule has 274 valence electrons. The minimum Gasteiger partial charge on any atom is -0.495 e. The molecule has 2 aromatic carbocycles. The molecule has 2 aliphatic rings. The summed E-state index contributed by atoms with van der Waals surface area (Å²) in [7, 11) is 3.09. The normalized spacial score (nSPS) is 16.7. The molecule has 2 aromatic heterocycles. The van der Waals surface area contributed by atoms with Crippen molar-refractivity contribution in [1.82, 2.24) is 9.80 Å². The van der Waals surface area contributed by atoms with Gasteiger partial charge in [0.05, 0.1) is 56.4 Å². The zero-order valence-electron chi connectivity index (χ0n) is 27.9. The first kappa shape index (κ1) is 38.2. The van der Waals surface area contributed by atoms with Gasteiger partial charge in [0, 0.05) is 61.3 Å². The second-order valence-electron chi connectivity index (χ2n) is 11.6. The van der Waals surface area contributed by atoms with Crippen LogP contribution in [0.4, 0.5) is 0 Å². The van der Waals surface area contributed by atoms with E-state index in [0.717, 1.165) is 22.3 Å². The molecule has 2 aliphatic heterocycles. The highest BCUT2D eigenvalue weighted by Gasteiger charge is 2.31. The van der Waals surface area contributed by atoms with E-state index in [0.29, 0.717) is 113 Å². The van der Waals surface area contributed by atoms with Crippen molar-refractivity contribution in [3.63, 3.8) is 0 Å². The number of halogens is 4. The average Bonchev–Trinajstić information content (AvgIpc) is 3.83. The lowest BCUT2D eigenvalue weighted by atomic mass is 10.1. The fourth-order valence-corrected chi connectivity index (χ4v) is 8.60. The van der Waals surface area contributed by atoms with Gasteiger partial charge in [0.2, 0.25) is 0 Å². The van der Waals surface area contributed by atoms with Crippen LogP contribution in [0, 0.1) is 0 Å². The molecule has 0 spiro atoms. The van der Waals surface area contributed by atoms with Crippen LogP contribution in [-0.4, -0.2) is 100 Å². The van der Waals surface area contributed by atoms with Crippen molar-refractivity contribution < 1.29 is 33.6 Å². The van der Waals surface area contributed by atoms with Gasteiger partial charge < -0.3 is 33.6 Å². The number of morpholine rings is 2. The van der Waals surface area contributed by atoms with E-state index in [4.69, 9.17) is 74.8 Å². The molecule has 0 bridgehead atoms. The van der Waals surface area contributed by atoms with Crippen molar-refractivity contribution in [2.75, 3.05) is 66.8 Å². The quantitative estimate of drug-likeness (QED) is 0.0760. The molecule has 2 unspecified atom stereocenters. The number of hydrogen-bond acceptors (Lipinski definition) is 12. The van der Waals surface area contributed by atoms with E-state index in [1.807, 2.05) is 35.0 Å². The molecule has 0 radical (unpaired) electrons. The largest absolute Gasteiger partial charge is 0.495 e. The Labute approximate surface area is 324 Å². The number of oxime groups is 1. The van der Waals surface area contributed by atoms with Gasteiger partial charge >= 0.3 is 0 Å². The maximum Gasteiger partial charge on any atom is 0.184 e. The molecular weight excluding hydrogens is 780 g/mol. The molecule has 2 saturated heterocycles. The number of methoxy groups -OCH3 is 2. The Balaban J connectivity index is 1.26. The Hall–Kier alpha value is -2.49. The minimum absolute atomic E-state index is 0.298. The van der Waals surface area contributed by atoms with Gasteiger partial charge in [0.1, 0.15) is 21.5 Å². The van der Waals surface area contributed by atoms with E-state index in [-0.39, 0.29) is 0 Å². The summed E-state index contributed by atoms with van der Waals surface area (Å²) < 4.78 is 35.6. The van der Waals surface area contributed by atoms with Crippen molar-refractivity contribution >= 4 is 74.8 Å². The summed E-state index contributed by atoms with van der Waals surface area (Å²) >= 11 is 29.4. The Morgan fingerprint density at radius 3 is 1.45 bits per heavy atom. The zero-order chi connectivity index (χ0) is 35.9. The van der Waals surface area contributed by atoms with Crippen molar-refractivity contribution in [2.45, 2.75) is 25.3 Å². The molecular formula is C35H37Cl4N3O7S2. The summed E-state index contributed by atoms with van der Waals surface area (Å²) in [6.07, 6.45) is -0.362. The van der Waals surface area contributed by atoms with Crippen LogP contribution in [0.3, 0.4) is 0 Å². The first-order valence-corrected chi connectivity index (χ1v) is 19.5. The predicted octanol–water partition coefficient (Wildman–Crippen LogP) is 9.16. The van der Waals surface area contributed by atoms with Gasteiger partial charge in [-0.05, 0) is 47.2 Å². The number of thiophene rings is 2. The van der Waals surface area contributed by atoms with Gasteiger partial charge in [-0.1, -0.05) is 51.6 Å². The highest BCUT2D eigenvalue weighted by molar-refractivity contribution is 7.12. The highest BCUT2D eigenvalue weighted by Crippen LogP contribution is 2.46. The monoisotopic (exact) mass is 815 g/mol. The summed E-state index contributed by atoms with van der Waals surface area (Å²) in [5, 5.41) is 20.9. The van der Waals surface area contributed by atoms with Crippen molar-refractivity contribution in [1.29, 1.82) is 0 Å². The summed E-state index contributed by atoms with van der Waals surface area (Å²) in [5.41, 5.74) is 3.55. The summed E-state index contributed by atoms with van der Waals surface area (Å²) in [4.78, 5) is 4.39. The van der Waals surface area contributed by atoms with E-state index in [1.54, 1.807) is 26.4 Å². The lowest BCUT2D eigenvalue weighted by Crippen LogP contribution is -2.49. The number of ether oxygens (including phenoxy) is 6. The third-order valence-corrected chi connectivity index (χ3v) is 12.1. The second kappa shape index (κ2) is 18.0. The minimum atomic E-state index is -0.479. The van der Waals surface area contributed by atoms with E-state index >= 15 is 0 Å². The van der Waals surface area contributed by atoms with Crippen LogP contribution in [0.1, 0.15) is 12.8 Å². The average molecular weight is 818 g/mol. The molecule has 4 aromatic rings. The number of benzene rings is 2. The third kappa shape index (κ3) is 8.84. The molecule has 4 heterocycles. The highest BCUT2D eigenvalue weighted by atomic mass is 35.5. The first-order valence-electron chi connectivity index (χ1n) is 16.2. The van der Waals surface area contributed by atoms with E-state index in [1.165, 1.54) is 22.7 Å². The Morgan fingerprint density at radius 2 is 1.08 bits per heavy atom. The van der Waals surface area contributed by atoms with Crippen LogP contribution in [0.25, 0.3) is 22.3 Å². The first-order chi connectivity index (χ1) is 24.8. The zero-order valence-corrected chi connectivity index (χ0v) is 32.6. The van der Waals surface area contributed by atoms with Crippen LogP contribution < -0.4 is 18.9 Å². The molecule has 0 aliphatic carbocycles. The lowest BCUT2D eigenvalue weighted by molar-refractivity contribution is -0.0463. The van der Waals surface area contributed by atoms with Crippen LogP contribution in [0.2, 0.25) is 20.1 Å². The number of rotatable bonds is 14. The van der Waals surface area contributed by atoms with Gasteiger partial charge in [-0.15, -0.1) is 22.7 Å². The molecule has 1 N–H and O–H groups in total. The maximum absolute atomic E-state index is 10.5. The smallest absolute Gasteiger partial charge is 0.184 e. The van der Waals surface area contributed by atoms with Gasteiger partial charge in [-0.25, -0.2) is 0 Å². The summed E-state index contributed by atoms with van der Waals surface area (Å²) in [6, 6.07) is 11.2. The van der Waals surface area contributed by atoms with Gasteiger partial charge in [0.15, 0.2) is 22.6 Å². The van der Waals surface area contributed by atoms with E-state index in [2.05, 4.69) is 15.0 Å². The van der Waals surface area contributed by atoms with Gasteiger partial charge in [-0.2, -0.15) is 0 Å². The lowest BCUT2D eigenvalue weighted by Gasteiger charge is -2.36. The standard InChI is InChI=1S/C35H37Cl4N3O7S2/c1-44-26-5-3-22(30(36)32(26)38)24-7-17-50-34(24)48-28(41-9-13-46-14-10-41)19-21(40-43)20-29(42-11-15-47-16-12-42)49-35-25(8-18-51-35)23-4-6-27(45-2)33(39)31(23)37/h3-8,17-18,28-29,43H,9-16,19-20H2,1-2H3. The number of nitrogens with zero attached hydrogens (tertiary/aromatic N) is 3. The fraction of sp³-hybridized carbons (Fsp3) is 0.400. The summed E-state index contributed by atoms with van der Waals surface area (Å²) in [6.45, 7) is 4.81. The van der Waals surface area contributed by atoms with Crippen molar-refractivity contribution in [3.05, 3.63) is 67.2 Å². The topological polar surface area (TPSA) is 94.5 Å². The SMILES string of the molecule is COc1ccc(-c2ccsc2OC(CC(CC(Oc2sccc2-c2ccc(OC)c(Cl)c2Cl)N2CCOCC2)=NO)N2CCOCC2)c(Cl)c1Cl. The van der Waals surface area contributed by atoms with Crippen LogP contribution in [0.5, 0.6) is 21.6 Å². The Kier molecular flexibility index (Phi) is 13.5. The molecule has 6 rings (SSSR count). The van der Waals surface area contributed by atoms with Crippen LogP contribution >= 0.6 is 69.1 Å². The van der Waals surface area contributed by atoms with Gasteiger partial charge in [0.25, 0.3) is 0 Å². The number of hydrogen-bond donors (Lipinski definition) is 1.